The van der Waals surface area contributed by atoms with Crippen molar-refractivity contribution >= 4 is 31.6 Å². The molecule has 0 fully saturated rings. The summed E-state index contributed by atoms with van der Waals surface area (Å²) in [5, 5.41) is 0.890. The predicted octanol–water partition coefficient (Wildman–Crippen LogP) is 2.83. The van der Waals surface area contributed by atoms with Crippen LogP contribution in [0.2, 0.25) is 0 Å². The van der Waals surface area contributed by atoms with Gasteiger partial charge in [0.05, 0.1) is 29.4 Å². The van der Waals surface area contributed by atoms with Crippen LogP contribution in [0.4, 0.5) is 0 Å². The molecule has 1 aromatic heterocycles. The number of nitrogens with one attached hydrogen (secondary N) is 1. The van der Waals surface area contributed by atoms with E-state index in [1.165, 1.54) is 20.3 Å². The van der Waals surface area contributed by atoms with Crippen LogP contribution in [0.1, 0.15) is 5.01 Å². The van der Waals surface area contributed by atoms with Crippen molar-refractivity contribution in [3.05, 3.63) is 47.5 Å². The van der Waals surface area contributed by atoms with Gasteiger partial charge in [0.2, 0.25) is 10.0 Å². The topological polar surface area (TPSA) is 77.5 Å². The average molecular weight is 378 g/mol. The fourth-order valence-electron chi connectivity index (χ4n) is 2.39. The second-order valence-electron chi connectivity index (χ2n) is 5.24. The van der Waals surface area contributed by atoms with Gasteiger partial charge in [0.25, 0.3) is 0 Å². The van der Waals surface area contributed by atoms with Gasteiger partial charge in [-0.1, -0.05) is 12.1 Å². The van der Waals surface area contributed by atoms with Crippen molar-refractivity contribution in [2.75, 3.05) is 20.8 Å². The standard InChI is InChI=1S/C17H18N2O4S2/c1-22-12-7-8-14(23-2)16(11-12)25(20,21)18-10-9-17-19-13-5-3-4-6-15(13)24-17/h3-8,11,18H,9-10H2,1-2H3. The molecule has 0 spiro atoms. The highest BCUT2D eigenvalue weighted by Gasteiger charge is 2.20. The van der Waals surface area contributed by atoms with Gasteiger partial charge < -0.3 is 9.47 Å². The van der Waals surface area contributed by atoms with Gasteiger partial charge in [-0.25, -0.2) is 18.1 Å². The van der Waals surface area contributed by atoms with Crippen LogP contribution in [-0.4, -0.2) is 34.2 Å². The third kappa shape index (κ3) is 3.92. The van der Waals surface area contributed by atoms with Crippen molar-refractivity contribution in [1.82, 2.24) is 9.71 Å². The summed E-state index contributed by atoms with van der Waals surface area (Å²) < 4.78 is 39.1. The number of rotatable bonds is 7. The zero-order valence-corrected chi connectivity index (χ0v) is 15.5. The second-order valence-corrected chi connectivity index (χ2v) is 8.09. The summed E-state index contributed by atoms with van der Waals surface area (Å²) in [5.74, 6) is 0.723. The molecule has 0 aliphatic rings. The molecular formula is C17H18N2O4S2. The highest BCUT2D eigenvalue weighted by atomic mass is 32.2. The Balaban J connectivity index is 1.73. The van der Waals surface area contributed by atoms with E-state index in [2.05, 4.69) is 9.71 Å². The molecule has 0 saturated heterocycles. The quantitative estimate of drug-likeness (QED) is 0.684. The Hall–Kier alpha value is -2.16. The first kappa shape index (κ1) is 17.7. The van der Waals surface area contributed by atoms with E-state index in [4.69, 9.17) is 9.47 Å². The van der Waals surface area contributed by atoms with Crippen LogP contribution < -0.4 is 14.2 Å². The van der Waals surface area contributed by atoms with E-state index in [0.717, 1.165) is 15.2 Å². The summed E-state index contributed by atoms with van der Waals surface area (Å²) in [7, 11) is -0.797. The Labute approximate surface area is 150 Å². The van der Waals surface area contributed by atoms with Crippen molar-refractivity contribution in [2.45, 2.75) is 11.3 Å². The predicted molar refractivity (Wildman–Crippen MR) is 98.1 cm³/mol. The monoisotopic (exact) mass is 378 g/mol. The molecule has 25 heavy (non-hydrogen) atoms. The van der Waals surface area contributed by atoms with Gasteiger partial charge in [0.15, 0.2) is 0 Å². The van der Waals surface area contributed by atoms with Gasteiger partial charge >= 0.3 is 0 Å². The lowest BCUT2D eigenvalue weighted by molar-refractivity contribution is 0.392. The lowest BCUT2D eigenvalue weighted by atomic mass is 10.3. The van der Waals surface area contributed by atoms with Gasteiger partial charge in [-0.2, -0.15) is 0 Å². The SMILES string of the molecule is COc1ccc(OC)c(S(=O)(=O)NCCc2nc3ccccc3s2)c1. The summed E-state index contributed by atoms with van der Waals surface area (Å²) in [6.45, 7) is 0.252. The largest absolute Gasteiger partial charge is 0.497 e. The Morgan fingerprint density at radius 2 is 1.92 bits per heavy atom. The van der Waals surface area contributed by atoms with Crippen LogP contribution in [0.3, 0.4) is 0 Å². The molecule has 3 rings (SSSR count). The summed E-state index contributed by atoms with van der Waals surface area (Å²) >= 11 is 1.57. The Kier molecular flexibility index (Phi) is 5.22. The zero-order chi connectivity index (χ0) is 17.9. The van der Waals surface area contributed by atoms with Crippen LogP contribution in [0, 0.1) is 0 Å². The fourth-order valence-corrected chi connectivity index (χ4v) is 4.57. The molecule has 0 bridgehead atoms. The van der Waals surface area contributed by atoms with Crippen molar-refractivity contribution in [3.63, 3.8) is 0 Å². The molecule has 0 atom stereocenters. The molecule has 0 amide bonds. The highest BCUT2D eigenvalue weighted by Crippen LogP contribution is 2.28. The van der Waals surface area contributed by atoms with Crippen molar-refractivity contribution in [3.8, 4) is 11.5 Å². The van der Waals surface area contributed by atoms with Crippen LogP contribution in [0.25, 0.3) is 10.2 Å². The van der Waals surface area contributed by atoms with Crippen molar-refractivity contribution < 1.29 is 17.9 Å². The molecule has 0 aliphatic heterocycles. The molecule has 0 aliphatic carbocycles. The van der Waals surface area contributed by atoms with Crippen molar-refractivity contribution in [2.24, 2.45) is 0 Å². The number of benzene rings is 2. The number of aromatic nitrogens is 1. The third-order valence-corrected chi connectivity index (χ3v) is 6.21. The molecule has 8 heteroatoms. The van der Waals surface area contributed by atoms with E-state index in [1.54, 1.807) is 23.5 Å². The number of nitrogens with zero attached hydrogens (tertiary/aromatic N) is 1. The fraction of sp³-hybridized carbons (Fsp3) is 0.235. The molecule has 0 saturated carbocycles. The van der Waals surface area contributed by atoms with Gasteiger partial charge in [-0.15, -0.1) is 11.3 Å². The molecular weight excluding hydrogens is 360 g/mol. The minimum atomic E-state index is -3.71. The van der Waals surface area contributed by atoms with Gasteiger partial charge in [-0.05, 0) is 24.3 Å². The molecule has 2 aromatic carbocycles. The zero-order valence-electron chi connectivity index (χ0n) is 13.9. The minimum absolute atomic E-state index is 0.0543. The number of para-hydroxylation sites is 1. The van der Waals surface area contributed by atoms with E-state index < -0.39 is 10.0 Å². The number of ether oxygens (including phenoxy) is 2. The first-order valence-electron chi connectivity index (χ1n) is 7.59. The number of hydrogen-bond donors (Lipinski definition) is 1. The summed E-state index contributed by atoms with van der Waals surface area (Å²) in [5.41, 5.74) is 0.930. The van der Waals surface area contributed by atoms with Gasteiger partial charge in [-0.3, -0.25) is 0 Å². The maximum absolute atomic E-state index is 12.6. The summed E-state index contributed by atoms with van der Waals surface area (Å²) in [4.78, 5) is 4.56. The van der Waals surface area contributed by atoms with E-state index >= 15 is 0 Å². The maximum Gasteiger partial charge on any atom is 0.244 e. The molecule has 1 N–H and O–H groups in total. The Morgan fingerprint density at radius 1 is 1.12 bits per heavy atom. The van der Waals surface area contributed by atoms with Crippen molar-refractivity contribution in [1.29, 1.82) is 0 Å². The number of sulfonamides is 1. The summed E-state index contributed by atoms with van der Waals surface area (Å²) in [6, 6.07) is 12.5. The smallest absolute Gasteiger partial charge is 0.244 e. The number of fused-ring (bicyclic) bond motifs is 1. The van der Waals surface area contributed by atoms with E-state index in [1.807, 2.05) is 24.3 Å². The van der Waals surface area contributed by atoms with E-state index in [9.17, 15) is 8.42 Å². The first-order chi connectivity index (χ1) is 12.0. The highest BCUT2D eigenvalue weighted by molar-refractivity contribution is 7.89. The molecule has 0 radical (unpaired) electrons. The first-order valence-corrected chi connectivity index (χ1v) is 9.89. The lowest BCUT2D eigenvalue weighted by Crippen LogP contribution is -2.26. The number of thiazole rings is 1. The van der Waals surface area contributed by atoms with Gasteiger partial charge in [0.1, 0.15) is 16.4 Å². The third-order valence-electron chi connectivity index (χ3n) is 3.63. The van der Waals surface area contributed by atoms with E-state index in [-0.39, 0.29) is 17.2 Å². The molecule has 1 heterocycles. The number of methoxy groups -OCH3 is 2. The van der Waals surface area contributed by atoms with Crippen LogP contribution >= 0.6 is 11.3 Å². The average Bonchev–Trinajstić information content (AvgIpc) is 3.03. The van der Waals surface area contributed by atoms with Gasteiger partial charge in [0, 0.05) is 19.0 Å². The Bertz CT molecular complexity index is 950. The maximum atomic E-state index is 12.6. The second kappa shape index (κ2) is 7.38. The molecule has 0 unspecified atom stereocenters. The Morgan fingerprint density at radius 3 is 2.64 bits per heavy atom. The normalized spacial score (nSPS) is 11.6. The number of hydrogen-bond acceptors (Lipinski definition) is 6. The van der Waals surface area contributed by atoms with Crippen LogP contribution in [0.5, 0.6) is 11.5 Å². The minimum Gasteiger partial charge on any atom is -0.497 e. The molecule has 3 aromatic rings. The van der Waals surface area contributed by atoms with E-state index in [0.29, 0.717) is 12.2 Å². The van der Waals surface area contributed by atoms with Crippen LogP contribution in [0.15, 0.2) is 47.4 Å². The lowest BCUT2D eigenvalue weighted by Gasteiger charge is -2.11. The summed E-state index contributed by atoms with van der Waals surface area (Å²) in [6.07, 6.45) is 0.519. The van der Waals surface area contributed by atoms with Crippen LogP contribution in [-0.2, 0) is 16.4 Å². The molecule has 132 valence electrons. The molecule has 6 nitrogen and oxygen atoms in total.